The summed E-state index contributed by atoms with van der Waals surface area (Å²) in [7, 11) is 2.81. The zero-order valence-electron chi connectivity index (χ0n) is 15.9. The number of phenols is 1. The van der Waals surface area contributed by atoms with Crippen molar-refractivity contribution in [3.63, 3.8) is 0 Å². The van der Waals surface area contributed by atoms with Gasteiger partial charge in [-0.3, -0.25) is 0 Å². The van der Waals surface area contributed by atoms with Crippen LogP contribution >= 0.6 is 11.6 Å². The summed E-state index contributed by atoms with van der Waals surface area (Å²) < 4.78 is 10.3. The SMILES string of the molecule is COC(=O)c1c(/C=C/c2ccccc2Cl)cc(OC)c(CC=C(C)C)c1O. The van der Waals surface area contributed by atoms with Crippen molar-refractivity contribution in [1.29, 1.82) is 0 Å². The van der Waals surface area contributed by atoms with Crippen LogP contribution in [-0.4, -0.2) is 25.3 Å². The van der Waals surface area contributed by atoms with Crippen molar-refractivity contribution in [3.8, 4) is 11.5 Å². The molecule has 5 heteroatoms. The van der Waals surface area contributed by atoms with E-state index in [0.29, 0.717) is 28.3 Å². The molecule has 0 amide bonds. The third-order valence-corrected chi connectivity index (χ3v) is 4.41. The van der Waals surface area contributed by atoms with Crippen LogP contribution in [0.15, 0.2) is 42.0 Å². The fourth-order valence-corrected chi connectivity index (χ4v) is 2.83. The lowest BCUT2D eigenvalue weighted by Crippen LogP contribution is -2.07. The Hall–Kier alpha value is -2.72. The van der Waals surface area contributed by atoms with Crippen LogP contribution in [0.25, 0.3) is 12.2 Å². The first kappa shape index (κ1) is 20.6. The van der Waals surface area contributed by atoms with Gasteiger partial charge in [0.15, 0.2) is 0 Å². The quantitative estimate of drug-likeness (QED) is 0.403. The van der Waals surface area contributed by atoms with E-state index in [-0.39, 0.29) is 11.3 Å². The smallest absolute Gasteiger partial charge is 0.342 e. The highest BCUT2D eigenvalue weighted by Crippen LogP contribution is 2.36. The number of aromatic hydroxyl groups is 1. The monoisotopic (exact) mass is 386 g/mol. The van der Waals surface area contributed by atoms with Crippen LogP contribution in [0.4, 0.5) is 0 Å². The van der Waals surface area contributed by atoms with Crippen LogP contribution in [0.2, 0.25) is 5.02 Å². The van der Waals surface area contributed by atoms with Crippen molar-refractivity contribution in [3.05, 3.63) is 69.3 Å². The van der Waals surface area contributed by atoms with Crippen molar-refractivity contribution in [2.45, 2.75) is 20.3 Å². The van der Waals surface area contributed by atoms with E-state index in [0.717, 1.165) is 11.1 Å². The average molecular weight is 387 g/mol. The Morgan fingerprint density at radius 2 is 1.81 bits per heavy atom. The molecular formula is C22H23ClO4. The number of benzene rings is 2. The molecule has 2 aromatic carbocycles. The Balaban J connectivity index is 2.62. The number of methoxy groups -OCH3 is 2. The summed E-state index contributed by atoms with van der Waals surface area (Å²) >= 11 is 6.18. The molecule has 4 nitrogen and oxygen atoms in total. The second-order valence-electron chi connectivity index (χ2n) is 6.20. The van der Waals surface area contributed by atoms with E-state index in [1.54, 1.807) is 24.3 Å². The van der Waals surface area contributed by atoms with E-state index in [1.807, 2.05) is 38.1 Å². The minimum absolute atomic E-state index is 0.0961. The zero-order chi connectivity index (χ0) is 20.0. The number of hydrogen-bond acceptors (Lipinski definition) is 4. The first-order chi connectivity index (χ1) is 12.9. The molecule has 0 aliphatic carbocycles. The maximum atomic E-state index is 12.3. The maximum Gasteiger partial charge on any atom is 0.342 e. The van der Waals surface area contributed by atoms with Crippen LogP contribution in [0.5, 0.6) is 11.5 Å². The largest absolute Gasteiger partial charge is 0.507 e. The van der Waals surface area contributed by atoms with E-state index >= 15 is 0 Å². The first-order valence-corrected chi connectivity index (χ1v) is 8.84. The Labute approximate surface area is 164 Å². The second kappa shape index (κ2) is 9.28. The number of carbonyl (C=O) groups excluding carboxylic acids is 1. The topological polar surface area (TPSA) is 55.8 Å². The Kier molecular flexibility index (Phi) is 7.08. The van der Waals surface area contributed by atoms with E-state index in [4.69, 9.17) is 21.1 Å². The van der Waals surface area contributed by atoms with Crippen molar-refractivity contribution >= 4 is 29.7 Å². The molecule has 0 fully saturated rings. The molecule has 0 heterocycles. The molecule has 142 valence electrons. The van der Waals surface area contributed by atoms with E-state index in [9.17, 15) is 9.90 Å². The fraction of sp³-hybridized carbons (Fsp3) is 0.227. The van der Waals surface area contributed by atoms with Crippen LogP contribution in [0, 0.1) is 0 Å². The van der Waals surface area contributed by atoms with Crippen LogP contribution in [-0.2, 0) is 11.2 Å². The highest BCUT2D eigenvalue weighted by Gasteiger charge is 2.22. The van der Waals surface area contributed by atoms with E-state index in [1.165, 1.54) is 14.2 Å². The van der Waals surface area contributed by atoms with Gasteiger partial charge in [0.2, 0.25) is 0 Å². The molecule has 1 N–H and O–H groups in total. The van der Waals surface area contributed by atoms with Crippen molar-refractivity contribution in [2.75, 3.05) is 14.2 Å². The minimum Gasteiger partial charge on any atom is -0.507 e. The predicted octanol–water partition coefficient (Wildman–Crippen LogP) is 5.52. The summed E-state index contributed by atoms with van der Waals surface area (Å²) in [5.74, 6) is -0.263. The lowest BCUT2D eigenvalue weighted by molar-refractivity contribution is 0.0597. The van der Waals surface area contributed by atoms with Crippen LogP contribution < -0.4 is 4.74 Å². The molecule has 2 aromatic rings. The Bertz CT molecular complexity index is 893. The number of allylic oxidation sites excluding steroid dienone is 2. The van der Waals surface area contributed by atoms with Gasteiger partial charge in [-0.05, 0) is 43.5 Å². The lowest BCUT2D eigenvalue weighted by Gasteiger charge is -2.15. The molecule has 0 radical (unpaired) electrons. The molecule has 0 saturated heterocycles. The summed E-state index contributed by atoms with van der Waals surface area (Å²) in [6, 6.07) is 9.06. The second-order valence-corrected chi connectivity index (χ2v) is 6.61. The summed E-state index contributed by atoms with van der Waals surface area (Å²) in [6.07, 6.45) is 5.88. The molecule has 0 bridgehead atoms. The Morgan fingerprint density at radius 3 is 2.41 bits per heavy atom. The molecule has 0 aliphatic heterocycles. The van der Waals surface area contributed by atoms with Crippen LogP contribution in [0.3, 0.4) is 0 Å². The van der Waals surface area contributed by atoms with E-state index in [2.05, 4.69) is 0 Å². The number of halogens is 1. The first-order valence-electron chi connectivity index (χ1n) is 8.46. The molecule has 0 unspecified atom stereocenters. The third-order valence-electron chi connectivity index (χ3n) is 4.07. The molecule has 0 saturated carbocycles. The van der Waals surface area contributed by atoms with Gasteiger partial charge in [0.25, 0.3) is 0 Å². The standard InChI is InChI=1S/C22H23ClO4/c1-14(2)9-12-17-19(26-3)13-16(20(21(17)24)22(25)27-4)11-10-15-7-5-6-8-18(15)23/h5-11,13,24H,12H2,1-4H3/b11-10+. The van der Waals surface area contributed by atoms with Gasteiger partial charge in [-0.25, -0.2) is 4.79 Å². The number of rotatable bonds is 6. The average Bonchev–Trinajstić information content (AvgIpc) is 2.65. The van der Waals surface area contributed by atoms with Gasteiger partial charge in [-0.1, -0.05) is 53.6 Å². The van der Waals surface area contributed by atoms with Crippen LogP contribution in [0.1, 0.15) is 40.9 Å². The van der Waals surface area contributed by atoms with Gasteiger partial charge < -0.3 is 14.6 Å². The van der Waals surface area contributed by atoms with Gasteiger partial charge in [-0.2, -0.15) is 0 Å². The molecular weight excluding hydrogens is 364 g/mol. The number of ether oxygens (including phenoxy) is 2. The highest BCUT2D eigenvalue weighted by atomic mass is 35.5. The summed E-state index contributed by atoms with van der Waals surface area (Å²) in [6.45, 7) is 3.93. The molecule has 0 spiro atoms. The number of hydrogen-bond donors (Lipinski definition) is 1. The fourth-order valence-electron chi connectivity index (χ4n) is 2.63. The summed E-state index contributed by atoms with van der Waals surface area (Å²) in [4.78, 5) is 12.3. The summed E-state index contributed by atoms with van der Waals surface area (Å²) in [5.41, 5.74) is 3.01. The van der Waals surface area contributed by atoms with Crippen molar-refractivity contribution < 1.29 is 19.4 Å². The molecule has 0 aliphatic rings. The lowest BCUT2D eigenvalue weighted by atomic mass is 9.97. The van der Waals surface area contributed by atoms with Crippen molar-refractivity contribution in [1.82, 2.24) is 0 Å². The van der Waals surface area contributed by atoms with Gasteiger partial charge in [-0.15, -0.1) is 0 Å². The van der Waals surface area contributed by atoms with Gasteiger partial charge in [0.05, 0.1) is 14.2 Å². The maximum absolute atomic E-state index is 12.3. The van der Waals surface area contributed by atoms with Gasteiger partial charge in [0, 0.05) is 10.6 Å². The highest BCUT2D eigenvalue weighted by molar-refractivity contribution is 6.32. The van der Waals surface area contributed by atoms with E-state index < -0.39 is 5.97 Å². The predicted molar refractivity (Wildman–Crippen MR) is 110 cm³/mol. The number of carbonyl (C=O) groups is 1. The molecule has 27 heavy (non-hydrogen) atoms. The third kappa shape index (κ3) is 4.92. The number of esters is 1. The molecule has 0 aromatic heterocycles. The molecule has 0 atom stereocenters. The van der Waals surface area contributed by atoms with Gasteiger partial charge >= 0.3 is 5.97 Å². The zero-order valence-corrected chi connectivity index (χ0v) is 16.6. The van der Waals surface area contributed by atoms with Gasteiger partial charge in [0.1, 0.15) is 17.1 Å². The molecule has 2 rings (SSSR count). The normalized spacial score (nSPS) is 10.7. The summed E-state index contributed by atoms with van der Waals surface area (Å²) in [5, 5.41) is 11.4. The Morgan fingerprint density at radius 1 is 1.15 bits per heavy atom. The minimum atomic E-state index is -0.618. The number of phenolic OH excluding ortho intramolecular Hbond substituents is 1. The van der Waals surface area contributed by atoms with Crippen molar-refractivity contribution in [2.24, 2.45) is 0 Å².